The van der Waals surface area contributed by atoms with E-state index in [-0.39, 0.29) is 11.9 Å². The summed E-state index contributed by atoms with van der Waals surface area (Å²) in [5.41, 5.74) is 0. The normalized spacial score (nSPS) is 12.1. The highest BCUT2D eigenvalue weighted by molar-refractivity contribution is 5.89. The van der Waals surface area contributed by atoms with E-state index in [0.717, 1.165) is 51.5 Å². The smallest absolute Gasteiger partial charge is 0.223 e. The molecule has 1 unspecified atom stereocenters. The van der Waals surface area contributed by atoms with Gasteiger partial charge in [-0.1, -0.05) is 188 Å². The number of Topliss-reactive ketones (excluding diaryl/α,β-unsaturated/α-hetero) is 1. The van der Waals surface area contributed by atoms with Crippen LogP contribution in [0.15, 0.2) is 0 Å². The standard InChI is InChI=1S/C39H77NO2/c1-5-9-11-13-15-17-19-21-23-25-27-29-31-34-38(41)37(33-7-3)40(36-8-4)39(42)35-32-30-28-26-24-22-20-18-16-14-12-10-6-2/h37H,5-36H2,1-4H3. The largest absolute Gasteiger partial charge is 0.333 e. The zero-order chi connectivity index (χ0) is 30.9. The first-order valence-corrected chi connectivity index (χ1v) is 19.4. The van der Waals surface area contributed by atoms with Gasteiger partial charge in [0.2, 0.25) is 5.91 Å². The zero-order valence-corrected chi connectivity index (χ0v) is 29.5. The van der Waals surface area contributed by atoms with Crippen LogP contribution in [0.4, 0.5) is 0 Å². The molecule has 0 aliphatic rings. The SMILES string of the molecule is CCCCCCCCCCCCCCCC(=O)C(CCC)N(CCC)C(=O)CCCCCCCCCCCCCCC. The lowest BCUT2D eigenvalue weighted by Crippen LogP contribution is -2.45. The summed E-state index contributed by atoms with van der Waals surface area (Å²) in [5, 5.41) is 0. The Morgan fingerprint density at radius 2 is 0.738 bits per heavy atom. The molecule has 0 radical (unpaired) electrons. The van der Waals surface area contributed by atoms with Crippen LogP contribution in [0.25, 0.3) is 0 Å². The van der Waals surface area contributed by atoms with E-state index in [4.69, 9.17) is 0 Å². The molecule has 3 heteroatoms. The van der Waals surface area contributed by atoms with Gasteiger partial charge in [0.25, 0.3) is 0 Å². The minimum atomic E-state index is -0.193. The monoisotopic (exact) mass is 592 g/mol. The van der Waals surface area contributed by atoms with Crippen LogP contribution < -0.4 is 0 Å². The Kier molecular flexibility index (Phi) is 32.4. The second kappa shape index (κ2) is 33.0. The molecule has 3 nitrogen and oxygen atoms in total. The predicted octanol–water partition coefficient (Wildman–Crippen LogP) is 12.9. The molecule has 0 fully saturated rings. The van der Waals surface area contributed by atoms with Crippen LogP contribution in [0.2, 0.25) is 0 Å². The summed E-state index contributed by atoms with van der Waals surface area (Å²) < 4.78 is 0. The minimum Gasteiger partial charge on any atom is -0.333 e. The average molecular weight is 592 g/mol. The van der Waals surface area contributed by atoms with Crippen molar-refractivity contribution in [3.8, 4) is 0 Å². The van der Waals surface area contributed by atoms with Gasteiger partial charge in [-0.15, -0.1) is 0 Å². The lowest BCUT2D eigenvalue weighted by molar-refractivity contribution is -0.140. The maximum Gasteiger partial charge on any atom is 0.223 e. The van der Waals surface area contributed by atoms with E-state index in [2.05, 4.69) is 27.7 Å². The highest BCUT2D eigenvalue weighted by atomic mass is 16.2. The maximum absolute atomic E-state index is 13.3. The topological polar surface area (TPSA) is 37.4 Å². The molecule has 0 saturated carbocycles. The molecule has 0 bridgehead atoms. The van der Waals surface area contributed by atoms with Gasteiger partial charge < -0.3 is 4.90 Å². The van der Waals surface area contributed by atoms with Crippen LogP contribution in [0.3, 0.4) is 0 Å². The van der Waals surface area contributed by atoms with Gasteiger partial charge in [-0.25, -0.2) is 0 Å². The second-order valence-corrected chi connectivity index (χ2v) is 13.3. The Morgan fingerprint density at radius 1 is 0.405 bits per heavy atom. The molecule has 0 N–H and O–H groups in total. The second-order valence-electron chi connectivity index (χ2n) is 13.3. The summed E-state index contributed by atoms with van der Waals surface area (Å²) >= 11 is 0. The number of amides is 1. The molecule has 0 aliphatic carbocycles. The van der Waals surface area contributed by atoms with Crippen molar-refractivity contribution in [1.29, 1.82) is 0 Å². The van der Waals surface area contributed by atoms with Crippen molar-refractivity contribution in [3.63, 3.8) is 0 Å². The van der Waals surface area contributed by atoms with Crippen LogP contribution in [-0.2, 0) is 9.59 Å². The van der Waals surface area contributed by atoms with E-state index in [0.29, 0.717) is 18.6 Å². The van der Waals surface area contributed by atoms with Crippen LogP contribution in [0.1, 0.15) is 227 Å². The summed E-state index contributed by atoms with van der Waals surface area (Å²) in [6, 6.07) is -0.193. The molecule has 0 aromatic carbocycles. The predicted molar refractivity (Wildman–Crippen MR) is 186 cm³/mol. The van der Waals surface area contributed by atoms with E-state index in [1.165, 1.54) is 141 Å². The fourth-order valence-corrected chi connectivity index (χ4v) is 6.38. The molecule has 1 amide bonds. The van der Waals surface area contributed by atoms with Crippen LogP contribution >= 0.6 is 0 Å². The minimum absolute atomic E-state index is 0.193. The van der Waals surface area contributed by atoms with E-state index in [1.54, 1.807) is 0 Å². The van der Waals surface area contributed by atoms with Crippen LogP contribution in [0.5, 0.6) is 0 Å². The van der Waals surface area contributed by atoms with Gasteiger partial charge in [-0.2, -0.15) is 0 Å². The summed E-state index contributed by atoms with van der Waals surface area (Å²) in [4.78, 5) is 28.4. The quantitative estimate of drug-likeness (QED) is 0.0698. The molecular weight excluding hydrogens is 514 g/mol. The van der Waals surface area contributed by atoms with Crippen LogP contribution in [0, 0.1) is 0 Å². The van der Waals surface area contributed by atoms with E-state index >= 15 is 0 Å². The summed E-state index contributed by atoms with van der Waals surface area (Å²) in [6.45, 7) is 9.57. The molecule has 250 valence electrons. The fraction of sp³-hybridized carbons (Fsp3) is 0.949. The molecule has 1 atom stereocenters. The Hall–Kier alpha value is -0.860. The highest BCUT2D eigenvalue weighted by Gasteiger charge is 2.27. The molecular formula is C39H77NO2. The Morgan fingerprint density at radius 3 is 1.07 bits per heavy atom. The van der Waals surface area contributed by atoms with Crippen molar-refractivity contribution in [2.24, 2.45) is 0 Å². The number of nitrogens with zero attached hydrogens (tertiary/aromatic N) is 1. The summed E-state index contributed by atoms with van der Waals surface area (Å²) in [5.74, 6) is 0.532. The van der Waals surface area contributed by atoms with Gasteiger partial charge in [0.05, 0.1) is 6.04 Å². The number of carbonyl (C=O) groups excluding carboxylic acids is 2. The van der Waals surface area contributed by atoms with Crippen molar-refractivity contribution < 1.29 is 9.59 Å². The fourth-order valence-electron chi connectivity index (χ4n) is 6.38. The molecule has 0 spiro atoms. The molecule has 0 heterocycles. The molecule has 0 aliphatic heterocycles. The Labute approximate surface area is 265 Å². The zero-order valence-electron chi connectivity index (χ0n) is 29.5. The van der Waals surface area contributed by atoms with Crippen molar-refractivity contribution >= 4 is 11.7 Å². The first-order chi connectivity index (χ1) is 20.6. The lowest BCUT2D eigenvalue weighted by atomic mass is 9.98. The lowest BCUT2D eigenvalue weighted by Gasteiger charge is -2.31. The summed E-state index contributed by atoms with van der Waals surface area (Å²) in [6.07, 6.45) is 38.3. The van der Waals surface area contributed by atoms with Gasteiger partial charge in [0.15, 0.2) is 5.78 Å². The van der Waals surface area contributed by atoms with Gasteiger partial charge in [-0.3, -0.25) is 9.59 Å². The number of hydrogen-bond donors (Lipinski definition) is 0. The third-order valence-corrected chi connectivity index (χ3v) is 9.12. The molecule has 0 aromatic rings. The average Bonchev–Trinajstić information content (AvgIpc) is 2.99. The Balaban J connectivity index is 4.08. The number of carbonyl (C=O) groups is 2. The molecule has 0 rings (SSSR count). The van der Waals surface area contributed by atoms with Crippen LogP contribution in [-0.4, -0.2) is 29.2 Å². The number of ketones is 1. The van der Waals surface area contributed by atoms with Crippen molar-refractivity contribution in [2.45, 2.75) is 233 Å². The van der Waals surface area contributed by atoms with E-state index in [1.807, 2.05) is 4.90 Å². The third-order valence-electron chi connectivity index (χ3n) is 9.12. The van der Waals surface area contributed by atoms with Gasteiger partial charge in [-0.05, 0) is 25.7 Å². The van der Waals surface area contributed by atoms with Crippen molar-refractivity contribution in [3.05, 3.63) is 0 Å². The Bertz CT molecular complexity index is 525. The van der Waals surface area contributed by atoms with E-state index in [9.17, 15) is 9.59 Å². The third kappa shape index (κ3) is 25.6. The van der Waals surface area contributed by atoms with Gasteiger partial charge in [0, 0.05) is 19.4 Å². The first-order valence-electron chi connectivity index (χ1n) is 19.4. The summed E-state index contributed by atoms with van der Waals surface area (Å²) in [7, 11) is 0. The van der Waals surface area contributed by atoms with Gasteiger partial charge >= 0.3 is 0 Å². The van der Waals surface area contributed by atoms with Crippen molar-refractivity contribution in [2.75, 3.05) is 6.54 Å². The first kappa shape index (κ1) is 41.1. The number of rotatable bonds is 34. The van der Waals surface area contributed by atoms with Gasteiger partial charge in [0.1, 0.15) is 0 Å². The van der Waals surface area contributed by atoms with Crippen molar-refractivity contribution in [1.82, 2.24) is 4.90 Å². The number of unbranched alkanes of at least 4 members (excludes halogenated alkanes) is 24. The maximum atomic E-state index is 13.3. The number of hydrogen-bond acceptors (Lipinski definition) is 2. The van der Waals surface area contributed by atoms with E-state index < -0.39 is 0 Å². The molecule has 42 heavy (non-hydrogen) atoms. The molecule has 0 saturated heterocycles. The highest BCUT2D eigenvalue weighted by Crippen LogP contribution is 2.19. The molecule has 0 aromatic heterocycles.